The maximum atomic E-state index is 14.9. The maximum Gasteiger partial charge on any atom is 0.414 e. The van der Waals surface area contributed by atoms with E-state index in [2.05, 4.69) is 5.32 Å². The fraction of sp³-hybridized carbons (Fsp3) is 0.591. The van der Waals surface area contributed by atoms with E-state index in [-0.39, 0.29) is 54.6 Å². The van der Waals surface area contributed by atoms with Gasteiger partial charge in [0.2, 0.25) is 5.91 Å². The van der Waals surface area contributed by atoms with Crippen molar-refractivity contribution in [1.29, 1.82) is 0 Å². The van der Waals surface area contributed by atoms with Crippen molar-refractivity contribution in [2.24, 2.45) is 11.8 Å². The summed E-state index contributed by atoms with van der Waals surface area (Å²) in [4.78, 5) is 39.0. The number of carbonyl (C=O) groups is 3. The first-order valence-corrected chi connectivity index (χ1v) is 10.8. The molecule has 166 valence electrons. The zero-order valence-corrected chi connectivity index (χ0v) is 17.4. The highest BCUT2D eigenvalue weighted by Crippen LogP contribution is 2.59. The molecular weight excluding hydrogens is 405 g/mol. The lowest BCUT2D eigenvalue weighted by Gasteiger charge is -2.23. The number of likely N-dealkylation sites (tertiary alicyclic amines) is 1. The van der Waals surface area contributed by atoms with Crippen molar-refractivity contribution in [3.8, 4) is 0 Å². The minimum atomic E-state index is -0.547. The SMILES string of the molecule is CC(=O)NC[C@H]1CN(c2ccc([C@H]3[C@@H]4CN(C(=O)[C@H]5CCCO5)C[C@@H]43)c(F)c2)C(=O)O1. The molecule has 4 aliphatic rings. The van der Waals surface area contributed by atoms with Crippen LogP contribution in [0.3, 0.4) is 0 Å². The van der Waals surface area contributed by atoms with Gasteiger partial charge in [-0.15, -0.1) is 0 Å². The Morgan fingerprint density at radius 1 is 1.23 bits per heavy atom. The van der Waals surface area contributed by atoms with Crippen molar-refractivity contribution >= 4 is 23.6 Å². The van der Waals surface area contributed by atoms with Gasteiger partial charge in [0.25, 0.3) is 5.91 Å². The van der Waals surface area contributed by atoms with Crippen LogP contribution in [0.15, 0.2) is 18.2 Å². The number of halogens is 1. The molecule has 8 nitrogen and oxygen atoms in total. The quantitative estimate of drug-likeness (QED) is 0.766. The molecule has 31 heavy (non-hydrogen) atoms. The van der Waals surface area contributed by atoms with E-state index < -0.39 is 12.2 Å². The first-order chi connectivity index (χ1) is 14.9. The fourth-order valence-electron chi connectivity index (χ4n) is 5.19. The summed E-state index contributed by atoms with van der Waals surface area (Å²) < 4.78 is 25.7. The molecule has 0 spiro atoms. The van der Waals surface area contributed by atoms with Gasteiger partial charge in [-0.1, -0.05) is 6.07 Å². The number of amides is 3. The molecule has 3 aliphatic heterocycles. The average Bonchev–Trinajstić information content (AvgIpc) is 3.21. The topological polar surface area (TPSA) is 88.2 Å². The van der Waals surface area contributed by atoms with Crippen molar-refractivity contribution in [3.63, 3.8) is 0 Å². The summed E-state index contributed by atoms with van der Waals surface area (Å²) in [5.41, 5.74) is 1.09. The Morgan fingerprint density at radius 2 is 2.00 bits per heavy atom. The molecule has 5 rings (SSSR count). The molecule has 1 saturated carbocycles. The molecule has 4 fully saturated rings. The van der Waals surface area contributed by atoms with Gasteiger partial charge in [0.05, 0.1) is 18.8 Å². The smallest absolute Gasteiger partial charge is 0.414 e. The molecule has 1 aromatic carbocycles. The van der Waals surface area contributed by atoms with E-state index in [1.807, 2.05) is 4.90 Å². The number of anilines is 1. The molecule has 0 bridgehead atoms. The molecule has 0 aromatic heterocycles. The normalized spacial score (nSPS) is 31.5. The Bertz CT molecular complexity index is 906. The summed E-state index contributed by atoms with van der Waals surface area (Å²) in [7, 11) is 0. The molecule has 3 amide bonds. The van der Waals surface area contributed by atoms with Gasteiger partial charge in [-0.3, -0.25) is 14.5 Å². The molecule has 1 aromatic rings. The minimum absolute atomic E-state index is 0.0700. The van der Waals surface area contributed by atoms with Crippen LogP contribution in [0.1, 0.15) is 31.2 Å². The van der Waals surface area contributed by atoms with Crippen LogP contribution < -0.4 is 10.2 Å². The molecule has 9 heteroatoms. The standard InChI is InChI=1S/C22H26FN3O5/c1-12(27)24-8-14-9-26(22(29)31-14)13-4-5-15(18(23)7-13)20-16-10-25(11-17(16)20)21(28)19-3-2-6-30-19/h4-5,7,14,16-17,19-20H,2-3,6,8-11H2,1H3,(H,24,27)/t14-,16-,17+,19+,20+/m0/s1. The van der Waals surface area contributed by atoms with Gasteiger partial charge < -0.3 is 19.7 Å². The Hall–Kier alpha value is -2.68. The van der Waals surface area contributed by atoms with E-state index in [4.69, 9.17) is 9.47 Å². The largest absolute Gasteiger partial charge is 0.442 e. The van der Waals surface area contributed by atoms with E-state index in [1.54, 1.807) is 12.1 Å². The number of cyclic esters (lactones) is 1. The molecule has 0 radical (unpaired) electrons. The number of rotatable bonds is 5. The fourth-order valence-corrected chi connectivity index (χ4v) is 5.19. The van der Waals surface area contributed by atoms with Gasteiger partial charge in [-0.05, 0) is 48.3 Å². The zero-order valence-electron chi connectivity index (χ0n) is 17.4. The maximum absolute atomic E-state index is 14.9. The van der Waals surface area contributed by atoms with Crippen molar-refractivity contribution in [1.82, 2.24) is 10.2 Å². The van der Waals surface area contributed by atoms with Crippen molar-refractivity contribution in [2.75, 3.05) is 37.7 Å². The molecule has 3 heterocycles. The van der Waals surface area contributed by atoms with Gasteiger partial charge in [0.15, 0.2) is 0 Å². The number of ether oxygens (including phenoxy) is 2. The van der Waals surface area contributed by atoms with Crippen molar-refractivity contribution < 1.29 is 28.2 Å². The molecule has 1 aliphatic carbocycles. The van der Waals surface area contributed by atoms with E-state index in [1.165, 1.54) is 17.9 Å². The van der Waals surface area contributed by atoms with E-state index in [9.17, 15) is 18.8 Å². The second kappa shape index (κ2) is 7.78. The number of fused-ring (bicyclic) bond motifs is 1. The van der Waals surface area contributed by atoms with Crippen LogP contribution in [0.4, 0.5) is 14.9 Å². The van der Waals surface area contributed by atoms with Crippen molar-refractivity contribution in [3.05, 3.63) is 29.6 Å². The van der Waals surface area contributed by atoms with Gasteiger partial charge >= 0.3 is 6.09 Å². The molecule has 1 N–H and O–H groups in total. The second-order valence-corrected chi connectivity index (χ2v) is 8.86. The highest BCUT2D eigenvalue weighted by atomic mass is 19.1. The Morgan fingerprint density at radius 3 is 2.65 bits per heavy atom. The van der Waals surface area contributed by atoms with Gasteiger partial charge in [-0.25, -0.2) is 9.18 Å². The number of hydrogen-bond donors (Lipinski definition) is 1. The highest BCUT2D eigenvalue weighted by molar-refractivity contribution is 5.90. The third kappa shape index (κ3) is 3.75. The lowest BCUT2D eigenvalue weighted by atomic mass is 10.0. The average molecular weight is 431 g/mol. The van der Waals surface area contributed by atoms with E-state index >= 15 is 0 Å². The number of hydrogen-bond acceptors (Lipinski definition) is 5. The molecule has 3 saturated heterocycles. The summed E-state index contributed by atoms with van der Waals surface area (Å²) in [5.74, 6) is 0.207. The van der Waals surface area contributed by atoms with Crippen LogP contribution in [0.25, 0.3) is 0 Å². The van der Waals surface area contributed by atoms with Gasteiger partial charge in [0, 0.05) is 26.6 Å². The Balaban J connectivity index is 1.20. The van der Waals surface area contributed by atoms with E-state index in [0.29, 0.717) is 30.9 Å². The monoisotopic (exact) mass is 431 g/mol. The third-order valence-electron chi connectivity index (χ3n) is 6.82. The van der Waals surface area contributed by atoms with E-state index in [0.717, 1.165) is 12.8 Å². The Kier molecular flexibility index (Phi) is 5.08. The molecule has 0 unspecified atom stereocenters. The first-order valence-electron chi connectivity index (χ1n) is 10.8. The number of nitrogens with one attached hydrogen (secondary N) is 1. The first kappa shape index (κ1) is 20.2. The summed E-state index contributed by atoms with van der Waals surface area (Å²) in [6.45, 7) is 3.83. The number of piperidine rings is 1. The van der Waals surface area contributed by atoms with Crippen LogP contribution in [0.2, 0.25) is 0 Å². The summed E-state index contributed by atoms with van der Waals surface area (Å²) in [6, 6.07) is 4.86. The van der Waals surface area contributed by atoms with Crippen molar-refractivity contribution in [2.45, 2.75) is 37.9 Å². The van der Waals surface area contributed by atoms with Gasteiger partial charge in [-0.2, -0.15) is 0 Å². The zero-order chi connectivity index (χ0) is 21.7. The second-order valence-electron chi connectivity index (χ2n) is 8.86. The minimum Gasteiger partial charge on any atom is -0.442 e. The third-order valence-corrected chi connectivity index (χ3v) is 6.82. The predicted molar refractivity (Wildman–Crippen MR) is 108 cm³/mol. The summed E-state index contributed by atoms with van der Waals surface area (Å²) in [5, 5.41) is 2.62. The van der Waals surface area contributed by atoms with Crippen LogP contribution in [-0.4, -0.2) is 67.8 Å². The number of carbonyl (C=O) groups excluding carboxylic acids is 3. The number of benzene rings is 1. The van der Waals surface area contributed by atoms with Gasteiger partial charge in [0.1, 0.15) is 18.0 Å². The highest BCUT2D eigenvalue weighted by Gasteiger charge is 2.58. The van der Waals surface area contributed by atoms with Crippen LogP contribution >= 0.6 is 0 Å². The lowest BCUT2D eigenvalue weighted by molar-refractivity contribution is -0.140. The predicted octanol–water partition coefficient (Wildman–Crippen LogP) is 1.64. The summed E-state index contributed by atoms with van der Waals surface area (Å²) >= 11 is 0. The summed E-state index contributed by atoms with van der Waals surface area (Å²) in [6.07, 6.45) is 0.398. The molecular formula is C22H26FN3O5. The lowest BCUT2D eigenvalue weighted by Crippen LogP contribution is -2.39. The number of nitrogens with zero attached hydrogens (tertiary/aromatic N) is 2. The van der Waals surface area contributed by atoms with Crippen LogP contribution in [0, 0.1) is 17.7 Å². The molecule has 5 atom stereocenters. The van der Waals surface area contributed by atoms with Crippen LogP contribution in [-0.2, 0) is 19.1 Å². The van der Waals surface area contributed by atoms with Crippen LogP contribution in [0.5, 0.6) is 0 Å². The Labute approximate surface area is 179 Å².